The molecular formula is C27H16ClN. The predicted molar refractivity (Wildman–Crippen MR) is 122 cm³/mol. The van der Waals surface area contributed by atoms with E-state index in [1.807, 2.05) is 24.3 Å². The fourth-order valence-corrected chi connectivity index (χ4v) is 4.27. The molecule has 0 radical (unpaired) electrons. The summed E-state index contributed by atoms with van der Waals surface area (Å²) in [5.74, 6) is 0. The number of benzene rings is 5. The fraction of sp³-hybridized carbons (Fsp3) is 0. The van der Waals surface area contributed by atoms with Crippen LogP contribution in [0.25, 0.3) is 43.8 Å². The molecule has 0 amide bonds. The number of halogens is 1. The molecule has 0 heterocycles. The van der Waals surface area contributed by atoms with Gasteiger partial charge in [0.1, 0.15) is 6.07 Å². The monoisotopic (exact) mass is 389 g/mol. The number of hydrogen-bond donors (Lipinski definition) is 0. The number of rotatable bonds is 2. The van der Waals surface area contributed by atoms with Gasteiger partial charge in [0.15, 0.2) is 0 Å². The van der Waals surface area contributed by atoms with Gasteiger partial charge in [-0.05, 0) is 50.4 Å². The third-order valence-electron chi connectivity index (χ3n) is 5.37. The van der Waals surface area contributed by atoms with Crippen LogP contribution in [0.4, 0.5) is 0 Å². The van der Waals surface area contributed by atoms with Gasteiger partial charge in [0.25, 0.3) is 0 Å². The molecule has 5 aromatic rings. The first kappa shape index (κ1) is 17.5. The van der Waals surface area contributed by atoms with Gasteiger partial charge in [-0.15, -0.1) is 0 Å². The summed E-state index contributed by atoms with van der Waals surface area (Å²) >= 11 is 6.49. The molecule has 0 bridgehead atoms. The molecule has 5 aromatic carbocycles. The Morgan fingerprint density at radius 1 is 0.621 bits per heavy atom. The first-order valence-electron chi connectivity index (χ1n) is 9.46. The average molecular weight is 390 g/mol. The first-order valence-corrected chi connectivity index (χ1v) is 9.84. The van der Waals surface area contributed by atoms with Gasteiger partial charge in [0, 0.05) is 5.56 Å². The highest BCUT2D eigenvalue weighted by molar-refractivity contribution is 6.34. The SMILES string of the molecule is N#Cc1cccc(-c2cccc(-c3cccc4ccc5ccccc5c34)c2)c1Cl. The molecule has 0 aliphatic rings. The van der Waals surface area contributed by atoms with Crippen LogP contribution in [-0.4, -0.2) is 0 Å². The normalized spacial score (nSPS) is 10.9. The standard InChI is InChI=1S/C27H16ClN/c28-27-22(17-29)10-5-13-25(27)21-9-3-8-20(16-21)24-12-4-7-19-15-14-18-6-1-2-11-23(18)26(19)24/h1-16H. The Hall–Kier alpha value is -3.60. The number of nitrogens with zero attached hydrogens (tertiary/aromatic N) is 1. The Balaban J connectivity index is 1.77. The largest absolute Gasteiger partial charge is 0.192 e. The summed E-state index contributed by atoms with van der Waals surface area (Å²) in [6.07, 6.45) is 0. The van der Waals surface area contributed by atoms with Crippen molar-refractivity contribution in [3.63, 3.8) is 0 Å². The lowest BCUT2D eigenvalue weighted by molar-refractivity contribution is 1.48. The first-order chi connectivity index (χ1) is 14.3. The minimum atomic E-state index is 0.491. The summed E-state index contributed by atoms with van der Waals surface area (Å²) in [5, 5.41) is 14.7. The van der Waals surface area contributed by atoms with Gasteiger partial charge in [0.05, 0.1) is 10.6 Å². The van der Waals surface area contributed by atoms with E-state index >= 15 is 0 Å². The Morgan fingerprint density at radius 3 is 2.14 bits per heavy atom. The summed E-state index contributed by atoms with van der Waals surface area (Å²) in [4.78, 5) is 0. The highest BCUT2D eigenvalue weighted by atomic mass is 35.5. The minimum Gasteiger partial charge on any atom is -0.192 e. The Morgan fingerprint density at radius 2 is 1.28 bits per heavy atom. The van der Waals surface area contributed by atoms with Crippen molar-refractivity contribution in [1.29, 1.82) is 5.26 Å². The van der Waals surface area contributed by atoms with E-state index in [2.05, 4.69) is 72.8 Å². The van der Waals surface area contributed by atoms with Gasteiger partial charge in [-0.25, -0.2) is 0 Å². The molecule has 0 spiro atoms. The van der Waals surface area contributed by atoms with E-state index in [0.717, 1.165) is 16.7 Å². The molecule has 136 valence electrons. The van der Waals surface area contributed by atoms with Gasteiger partial charge >= 0.3 is 0 Å². The zero-order valence-electron chi connectivity index (χ0n) is 15.6. The molecule has 0 atom stereocenters. The molecule has 0 unspecified atom stereocenters. The molecule has 0 aliphatic carbocycles. The van der Waals surface area contributed by atoms with E-state index in [9.17, 15) is 5.26 Å². The second kappa shape index (κ2) is 7.09. The summed E-state index contributed by atoms with van der Waals surface area (Å²) in [7, 11) is 0. The van der Waals surface area contributed by atoms with Gasteiger partial charge in [-0.2, -0.15) is 5.26 Å². The van der Waals surface area contributed by atoms with E-state index in [1.165, 1.54) is 27.1 Å². The van der Waals surface area contributed by atoms with Crippen molar-refractivity contribution in [2.24, 2.45) is 0 Å². The third kappa shape index (κ3) is 2.95. The average Bonchev–Trinajstić information content (AvgIpc) is 2.79. The van der Waals surface area contributed by atoms with Crippen LogP contribution in [-0.2, 0) is 0 Å². The van der Waals surface area contributed by atoms with E-state index < -0.39 is 0 Å². The lowest BCUT2D eigenvalue weighted by Crippen LogP contribution is -1.87. The number of hydrogen-bond acceptors (Lipinski definition) is 1. The zero-order valence-corrected chi connectivity index (χ0v) is 16.3. The lowest BCUT2D eigenvalue weighted by Gasteiger charge is -2.12. The van der Waals surface area contributed by atoms with Crippen LogP contribution in [0.2, 0.25) is 5.02 Å². The second-order valence-electron chi connectivity index (χ2n) is 7.05. The number of nitriles is 1. The van der Waals surface area contributed by atoms with E-state index in [-0.39, 0.29) is 0 Å². The van der Waals surface area contributed by atoms with Crippen LogP contribution >= 0.6 is 11.6 Å². The van der Waals surface area contributed by atoms with Crippen molar-refractivity contribution >= 4 is 33.1 Å². The van der Waals surface area contributed by atoms with Gasteiger partial charge in [-0.3, -0.25) is 0 Å². The molecule has 0 N–H and O–H groups in total. The van der Waals surface area contributed by atoms with Crippen molar-refractivity contribution in [2.75, 3.05) is 0 Å². The molecule has 1 nitrogen and oxygen atoms in total. The quantitative estimate of drug-likeness (QED) is 0.282. The van der Waals surface area contributed by atoms with Gasteiger partial charge < -0.3 is 0 Å². The van der Waals surface area contributed by atoms with E-state index in [4.69, 9.17) is 11.6 Å². The highest BCUT2D eigenvalue weighted by Crippen LogP contribution is 2.37. The van der Waals surface area contributed by atoms with Gasteiger partial charge in [0.2, 0.25) is 0 Å². The van der Waals surface area contributed by atoms with Crippen LogP contribution in [0, 0.1) is 11.3 Å². The van der Waals surface area contributed by atoms with Crippen molar-refractivity contribution < 1.29 is 0 Å². The van der Waals surface area contributed by atoms with Crippen molar-refractivity contribution in [2.45, 2.75) is 0 Å². The van der Waals surface area contributed by atoms with Crippen LogP contribution in [0.5, 0.6) is 0 Å². The third-order valence-corrected chi connectivity index (χ3v) is 5.78. The zero-order chi connectivity index (χ0) is 19.8. The molecule has 29 heavy (non-hydrogen) atoms. The lowest BCUT2D eigenvalue weighted by atomic mass is 9.92. The van der Waals surface area contributed by atoms with Crippen LogP contribution in [0.15, 0.2) is 97.1 Å². The molecule has 2 heteroatoms. The summed E-state index contributed by atoms with van der Waals surface area (Å²) < 4.78 is 0. The molecule has 0 saturated carbocycles. The minimum absolute atomic E-state index is 0.491. The number of fused-ring (bicyclic) bond motifs is 3. The maximum Gasteiger partial charge on any atom is 0.101 e. The topological polar surface area (TPSA) is 23.8 Å². The molecule has 0 aliphatic heterocycles. The maximum absolute atomic E-state index is 9.31. The van der Waals surface area contributed by atoms with Gasteiger partial charge in [-0.1, -0.05) is 96.5 Å². The van der Waals surface area contributed by atoms with Crippen LogP contribution < -0.4 is 0 Å². The molecule has 0 fully saturated rings. The van der Waals surface area contributed by atoms with Crippen LogP contribution in [0.3, 0.4) is 0 Å². The maximum atomic E-state index is 9.31. The van der Waals surface area contributed by atoms with Crippen molar-refractivity contribution in [1.82, 2.24) is 0 Å². The molecular weight excluding hydrogens is 374 g/mol. The highest BCUT2D eigenvalue weighted by Gasteiger charge is 2.11. The van der Waals surface area contributed by atoms with E-state index in [1.54, 1.807) is 6.07 Å². The fourth-order valence-electron chi connectivity index (χ4n) is 4.00. The Labute approximate surface area is 174 Å². The Bertz CT molecular complexity index is 1430. The smallest absolute Gasteiger partial charge is 0.101 e. The second-order valence-corrected chi connectivity index (χ2v) is 7.43. The summed E-state index contributed by atoms with van der Waals surface area (Å²) in [6.45, 7) is 0. The molecule has 0 saturated heterocycles. The van der Waals surface area contributed by atoms with Crippen LogP contribution in [0.1, 0.15) is 5.56 Å². The molecule has 5 rings (SSSR count). The van der Waals surface area contributed by atoms with Crippen molar-refractivity contribution in [3.05, 3.63) is 108 Å². The summed E-state index contributed by atoms with van der Waals surface area (Å²) in [6, 6.07) is 35.4. The summed E-state index contributed by atoms with van der Waals surface area (Å²) in [5.41, 5.74) is 4.68. The van der Waals surface area contributed by atoms with Crippen molar-refractivity contribution in [3.8, 4) is 28.3 Å². The molecule has 0 aromatic heterocycles. The predicted octanol–water partition coefficient (Wildman–Crippen LogP) is 7.85. The Kier molecular flexibility index (Phi) is 4.28. The van der Waals surface area contributed by atoms with E-state index in [0.29, 0.717) is 10.6 Å².